The molecule has 0 aromatic carbocycles. The number of carbonyl (C=O) groups is 1. The normalized spacial score (nSPS) is 10.6. The fourth-order valence-corrected chi connectivity index (χ4v) is 1.05. The Hall–Kier alpha value is -1.39. The monoisotopic (exact) mass is 200 g/mol. The van der Waals surface area contributed by atoms with Gasteiger partial charge in [-0.2, -0.15) is 9.49 Å². The van der Waals surface area contributed by atoms with Gasteiger partial charge in [0.05, 0.1) is 11.8 Å². The van der Waals surface area contributed by atoms with E-state index in [9.17, 15) is 9.18 Å². The minimum Gasteiger partial charge on any atom is -0.462 e. The highest BCUT2D eigenvalue weighted by Gasteiger charge is 2.11. The number of aromatic nitrogens is 2. The van der Waals surface area contributed by atoms with Crippen LogP contribution in [-0.4, -0.2) is 21.9 Å². The van der Waals surface area contributed by atoms with Crippen LogP contribution in [0.4, 0.5) is 4.39 Å². The van der Waals surface area contributed by atoms with Crippen LogP contribution in [0.15, 0.2) is 6.07 Å². The number of halogens is 1. The molecule has 0 radical (unpaired) electrons. The summed E-state index contributed by atoms with van der Waals surface area (Å²) in [5.41, 5.74) is 0.542. The van der Waals surface area contributed by atoms with Crippen molar-refractivity contribution in [2.75, 3.05) is 0 Å². The van der Waals surface area contributed by atoms with E-state index in [0.29, 0.717) is 5.69 Å². The molecule has 78 valence electrons. The van der Waals surface area contributed by atoms with Gasteiger partial charge in [-0.25, -0.2) is 4.68 Å². The summed E-state index contributed by atoms with van der Waals surface area (Å²) in [6, 6.07) is 1.27. The number of nitrogens with zero attached hydrogens (tertiary/aromatic N) is 2. The lowest BCUT2D eigenvalue weighted by Crippen LogP contribution is -2.19. The van der Waals surface area contributed by atoms with E-state index in [2.05, 4.69) is 5.10 Å². The topological polar surface area (TPSA) is 44.1 Å². The molecule has 0 bridgehead atoms. The molecule has 0 aliphatic carbocycles. The van der Waals surface area contributed by atoms with Crippen molar-refractivity contribution in [1.82, 2.24) is 9.78 Å². The summed E-state index contributed by atoms with van der Waals surface area (Å²) in [4.78, 5) is 11.1. The van der Waals surface area contributed by atoms with Gasteiger partial charge in [0.15, 0.2) is 0 Å². The Morgan fingerprint density at radius 1 is 1.71 bits per heavy atom. The van der Waals surface area contributed by atoms with Gasteiger partial charge in [0.1, 0.15) is 6.54 Å². The van der Waals surface area contributed by atoms with Crippen molar-refractivity contribution in [3.05, 3.63) is 17.7 Å². The zero-order valence-electron chi connectivity index (χ0n) is 8.45. The molecule has 0 fully saturated rings. The number of ether oxygens (including phenoxy) is 1. The third-order valence-corrected chi connectivity index (χ3v) is 1.50. The second kappa shape index (κ2) is 4.21. The van der Waals surface area contributed by atoms with Gasteiger partial charge in [-0.1, -0.05) is 0 Å². The summed E-state index contributed by atoms with van der Waals surface area (Å²) in [6.07, 6.45) is -0.192. The van der Waals surface area contributed by atoms with Gasteiger partial charge in [0.25, 0.3) is 0 Å². The average Bonchev–Trinajstić information content (AvgIpc) is 2.28. The van der Waals surface area contributed by atoms with Crippen LogP contribution in [-0.2, 0) is 16.1 Å². The molecule has 0 saturated heterocycles. The van der Waals surface area contributed by atoms with E-state index in [4.69, 9.17) is 4.74 Å². The SMILES string of the molecule is Cc1cc(F)n(CC(=O)OC(C)C)n1. The first-order valence-corrected chi connectivity index (χ1v) is 4.38. The van der Waals surface area contributed by atoms with Crippen molar-refractivity contribution in [3.8, 4) is 0 Å². The molecule has 0 aliphatic rings. The number of rotatable bonds is 3. The largest absolute Gasteiger partial charge is 0.462 e. The van der Waals surface area contributed by atoms with Crippen molar-refractivity contribution >= 4 is 5.97 Å². The smallest absolute Gasteiger partial charge is 0.328 e. The number of esters is 1. The fraction of sp³-hybridized carbons (Fsp3) is 0.556. The molecule has 0 atom stereocenters. The highest BCUT2D eigenvalue weighted by Crippen LogP contribution is 2.01. The molecular formula is C9H13FN2O2. The molecule has 0 saturated carbocycles. The lowest BCUT2D eigenvalue weighted by Gasteiger charge is -2.07. The number of carbonyl (C=O) groups excluding carboxylic acids is 1. The predicted octanol–water partition coefficient (Wildman–Crippen LogP) is 1.28. The van der Waals surface area contributed by atoms with Crippen LogP contribution in [0.25, 0.3) is 0 Å². The van der Waals surface area contributed by atoms with Crippen LogP contribution in [0.2, 0.25) is 0 Å². The third-order valence-electron chi connectivity index (χ3n) is 1.50. The molecule has 0 amide bonds. The summed E-state index contributed by atoms with van der Waals surface area (Å²) in [5.74, 6) is -1.01. The Morgan fingerprint density at radius 2 is 2.36 bits per heavy atom. The number of hydrogen-bond donors (Lipinski definition) is 0. The van der Waals surface area contributed by atoms with Crippen LogP contribution < -0.4 is 0 Å². The highest BCUT2D eigenvalue weighted by molar-refractivity contribution is 5.69. The van der Waals surface area contributed by atoms with Gasteiger partial charge in [0, 0.05) is 6.07 Å². The minimum atomic E-state index is -0.525. The minimum absolute atomic E-state index is 0.183. The maximum Gasteiger partial charge on any atom is 0.328 e. The van der Waals surface area contributed by atoms with E-state index in [1.54, 1.807) is 20.8 Å². The van der Waals surface area contributed by atoms with Crippen LogP contribution in [0.5, 0.6) is 0 Å². The van der Waals surface area contributed by atoms with E-state index in [1.165, 1.54) is 6.07 Å². The van der Waals surface area contributed by atoms with Gasteiger partial charge in [-0.3, -0.25) is 4.79 Å². The van der Waals surface area contributed by atoms with E-state index in [1.807, 2.05) is 0 Å². The Kier molecular flexibility index (Phi) is 3.22. The summed E-state index contributed by atoms with van der Waals surface area (Å²) < 4.78 is 18.8. The summed E-state index contributed by atoms with van der Waals surface area (Å²) >= 11 is 0. The first-order valence-electron chi connectivity index (χ1n) is 4.38. The second-order valence-electron chi connectivity index (χ2n) is 3.30. The Labute approximate surface area is 81.7 Å². The van der Waals surface area contributed by atoms with Crippen molar-refractivity contribution in [1.29, 1.82) is 0 Å². The molecule has 1 aromatic heterocycles. The number of aryl methyl sites for hydroxylation is 1. The van der Waals surface area contributed by atoms with Gasteiger partial charge in [-0.15, -0.1) is 0 Å². The molecule has 0 spiro atoms. The quantitative estimate of drug-likeness (QED) is 0.690. The molecule has 1 aromatic rings. The van der Waals surface area contributed by atoms with Crippen LogP contribution >= 0.6 is 0 Å². The maximum atomic E-state index is 13.0. The van der Waals surface area contributed by atoms with Gasteiger partial charge >= 0.3 is 5.97 Å². The molecule has 0 N–H and O–H groups in total. The van der Waals surface area contributed by atoms with Crippen LogP contribution in [0, 0.1) is 12.9 Å². The van der Waals surface area contributed by atoms with Crippen LogP contribution in [0.3, 0.4) is 0 Å². The fourth-order valence-electron chi connectivity index (χ4n) is 1.05. The molecule has 14 heavy (non-hydrogen) atoms. The Bertz CT molecular complexity index is 334. The maximum absolute atomic E-state index is 13.0. The van der Waals surface area contributed by atoms with Gasteiger partial charge < -0.3 is 4.74 Å². The molecule has 1 heterocycles. The molecule has 1 rings (SSSR count). The molecule has 5 heteroatoms. The summed E-state index contributed by atoms with van der Waals surface area (Å²) in [7, 11) is 0. The summed E-state index contributed by atoms with van der Waals surface area (Å²) in [6.45, 7) is 4.95. The lowest BCUT2D eigenvalue weighted by atomic mass is 10.5. The third kappa shape index (κ3) is 2.83. The van der Waals surface area contributed by atoms with Gasteiger partial charge in [-0.05, 0) is 20.8 Å². The molecule has 0 aliphatic heterocycles. The number of hydrogen-bond acceptors (Lipinski definition) is 3. The van der Waals surface area contributed by atoms with Crippen molar-refractivity contribution in [3.63, 3.8) is 0 Å². The zero-order chi connectivity index (χ0) is 10.7. The van der Waals surface area contributed by atoms with Crippen molar-refractivity contribution < 1.29 is 13.9 Å². The lowest BCUT2D eigenvalue weighted by molar-refractivity contribution is -0.148. The first kappa shape index (κ1) is 10.7. The molecule has 0 unspecified atom stereocenters. The van der Waals surface area contributed by atoms with E-state index in [-0.39, 0.29) is 12.6 Å². The molecule has 4 nitrogen and oxygen atoms in total. The predicted molar refractivity (Wildman–Crippen MR) is 48.2 cm³/mol. The van der Waals surface area contributed by atoms with E-state index >= 15 is 0 Å². The van der Waals surface area contributed by atoms with E-state index < -0.39 is 11.9 Å². The standard InChI is InChI=1S/C9H13FN2O2/c1-6(2)14-9(13)5-12-8(10)4-7(3)11-12/h4,6H,5H2,1-3H3. The Balaban J connectivity index is 2.60. The van der Waals surface area contributed by atoms with E-state index in [0.717, 1.165) is 4.68 Å². The molecular weight excluding hydrogens is 187 g/mol. The second-order valence-corrected chi connectivity index (χ2v) is 3.30. The van der Waals surface area contributed by atoms with Crippen molar-refractivity contribution in [2.45, 2.75) is 33.4 Å². The zero-order valence-corrected chi connectivity index (χ0v) is 8.45. The summed E-state index contributed by atoms with van der Waals surface area (Å²) in [5, 5.41) is 3.80. The van der Waals surface area contributed by atoms with Gasteiger partial charge in [0.2, 0.25) is 5.95 Å². The van der Waals surface area contributed by atoms with Crippen LogP contribution in [0.1, 0.15) is 19.5 Å². The average molecular weight is 200 g/mol. The van der Waals surface area contributed by atoms with Crippen molar-refractivity contribution in [2.24, 2.45) is 0 Å². The Morgan fingerprint density at radius 3 is 2.79 bits per heavy atom. The first-order chi connectivity index (χ1) is 6.49. The highest BCUT2D eigenvalue weighted by atomic mass is 19.1.